The minimum atomic E-state index is 0.204. The van der Waals surface area contributed by atoms with Crippen LogP contribution in [0.4, 0.5) is 0 Å². The van der Waals surface area contributed by atoms with E-state index in [0.717, 1.165) is 0 Å². The molecule has 0 radical (unpaired) electrons. The van der Waals surface area contributed by atoms with E-state index in [9.17, 15) is 0 Å². The molecule has 0 aromatic carbocycles. The van der Waals surface area contributed by atoms with E-state index in [0.29, 0.717) is 12.1 Å². The van der Waals surface area contributed by atoms with Crippen molar-refractivity contribution in [2.45, 2.75) is 51.2 Å². The largest absolute Gasteiger partial charge is 0.326 e. The second kappa shape index (κ2) is 5.30. The summed E-state index contributed by atoms with van der Waals surface area (Å²) in [6.07, 6.45) is 4.00. The van der Waals surface area contributed by atoms with E-state index in [1.54, 1.807) is 11.3 Å². The van der Waals surface area contributed by atoms with Crippen molar-refractivity contribution >= 4 is 11.3 Å². The van der Waals surface area contributed by atoms with Gasteiger partial charge in [0.2, 0.25) is 0 Å². The second-order valence-electron chi connectivity index (χ2n) is 4.94. The molecule has 2 nitrogen and oxygen atoms in total. The van der Waals surface area contributed by atoms with Crippen molar-refractivity contribution in [2.24, 2.45) is 5.73 Å². The molecule has 0 saturated carbocycles. The van der Waals surface area contributed by atoms with Crippen LogP contribution in [0.1, 0.15) is 44.7 Å². The van der Waals surface area contributed by atoms with Crippen molar-refractivity contribution < 1.29 is 0 Å². The molecule has 1 aliphatic rings. The molecule has 1 saturated heterocycles. The fraction of sp³-hybridized carbons (Fsp3) is 0.692. The van der Waals surface area contributed by atoms with Gasteiger partial charge in [0.25, 0.3) is 0 Å². The summed E-state index contributed by atoms with van der Waals surface area (Å²) in [5.74, 6) is 0. The first-order valence-corrected chi connectivity index (χ1v) is 7.18. The highest BCUT2D eigenvalue weighted by Gasteiger charge is 2.29. The first-order valence-electron chi connectivity index (χ1n) is 6.23. The predicted octanol–water partition coefficient (Wildman–Crippen LogP) is 3.01. The van der Waals surface area contributed by atoms with Crippen molar-refractivity contribution in [3.63, 3.8) is 0 Å². The number of nitrogens with two attached hydrogens (primary N) is 1. The molecule has 1 aromatic heterocycles. The third kappa shape index (κ3) is 2.47. The Bertz CT molecular complexity index is 308. The minimum Gasteiger partial charge on any atom is -0.326 e. The Morgan fingerprint density at radius 1 is 1.50 bits per heavy atom. The monoisotopic (exact) mass is 238 g/mol. The Morgan fingerprint density at radius 3 is 2.88 bits per heavy atom. The third-order valence-electron chi connectivity index (χ3n) is 3.59. The zero-order valence-electron chi connectivity index (χ0n) is 10.2. The lowest BCUT2D eigenvalue weighted by Crippen LogP contribution is -2.46. The van der Waals surface area contributed by atoms with E-state index in [2.05, 4.69) is 35.6 Å². The number of hydrogen-bond acceptors (Lipinski definition) is 3. The normalized spacial score (nSPS) is 26.6. The predicted molar refractivity (Wildman–Crippen MR) is 70.7 cm³/mol. The fourth-order valence-electron chi connectivity index (χ4n) is 2.77. The van der Waals surface area contributed by atoms with Gasteiger partial charge in [-0.25, -0.2) is 0 Å². The quantitative estimate of drug-likeness (QED) is 0.877. The zero-order valence-corrected chi connectivity index (χ0v) is 11.0. The van der Waals surface area contributed by atoms with Crippen LogP contribution in [0.25, 0.3) is 0 Å². The van der Waals surface area contributed by atoms with E-state index in [1.807, 2.05) is 0 Å². The van der Waals surface area contributed by atoms with Crippen molar-refractivity contribution in [2.75, 3.05) is 6.54 Å². The van der Waals surface area contributed by atoms with Gasteiger partial charge < -0.3 is 5.73 Å². The SMILES string of the molecule is CC(N)C(c1ccsc1)N1CCCCC1C. The minimum absolute atomic E-state index is 0.204. The molecule has 2 N–H and O–H groups in total. The molecule has 0 bridgehead atoms. The Balaban J connectivity index is 2.18. The molecule has 1 fully saturated rings. The molecule has 2 rings (SSSR count). The lowest BCUT2D eigenvalue weighted by atomic mass is 9.95. The molecule has 90 valence electrons. The maximum absolute atomic E-state index is 6.18. The standard InChI is InChI=1S/C13H22N2S/c1-10-5-3-4-7-15(10)13(11(2)14)12-6-8-16-9-12/h6,8-11,13H,3-5,7,14H2,1-2H3. The lowest BCUT2D eigenvalue weighted by molar-refractivity contribution is 0.0926. The van der Waals surface area contributed by atoms with Gasteiger partial charge in [-0.1, -0.05) is 6.42 Å². The smallest absolute Gasteiger partial charge is 0.0507 e. The molecule has 2 heterocycles. The number of rotatable bonds is 3. The Hall–Kier alpha value is -0.380. The van der Waals surface area contributed by atoms with Crippen molar-refractivity contribution in [1.82, 2.24) is 4.90 Å². The van der Waals surface area contributed by atoms with E-state index < -0.39 is 0 Å². The van der Waals surface area contributed by atoms with Crippen LogP contribution in [0.3, 0.4) is 0 Å². The van der Waals surface area contributed by atoms with Gasteiger partial charge in [0, 0.05) is 12.1 Å². The van der Waals surface area contributed by atoms with E-state index in [-0.39, 0.29) is 6.04 Å². The maximum atomic E-state index is 6.18. The van der Waals surface area contributed by atoms with Gasteiger partial charge in [0.1, 0.15) is 0 Å². The summed E-state index contributed by atoms with van der Waals surface area (Å²) >= 11 is 1.77. The van der Waals surface area contributed by atoms with Gasteiger partial charge >= 0.3 is 0 Å². The molecule has 1 aromatic rings. The van der Waals surface area contributed by atoms with Crippen LogP contribution in [-0.2, 0) is 0 Å². The maximum Gasteiger partial charge on any atom is 0.0507 e. The highest BCUT2D eigenvalue weighted by molar-refractivity contribution is 7.07. The van der Waals surface area contributed by atoms with Gasteiger partial charge in [-0.3, -0.25) is 4.90 Å². The molecule has 1 aliphatic heterocycles. The summed E-state index contributed by atoms with van der Waals surface area (Å²) in [6.45, 7) is 5.66. The number of hydrogen-bond donors (Lipinski definition) is 1. The van der Waals surface area contributed by atoms with E-state index >= 15 is 0 Å². The molecule has 0 amide bonds. The summed E-state index contributed by atoms with van der Waals surface area (Å²) in [4.78, 5) is 2.59. The van der Waals surface area contributed by atoms with E-state index in [4.69, 9.17) is 5.73 Å². The van der Waals surface area contributed by atoms with Crippen LogP contribution < -0.4 is 5.73 Å². The topological polar surface area (TPSA) is 29.3 Å². The Kier molecular flexibility index (Phi) is 4.00. The fourth-order valence-corrected chi connectivity index (χ4v) is 3.46. The highest BCUT2D eigenvalue weighted by Crippen LogP contribution is 2.31. The molecule has 0 aliphatic carbocycles. The molecule has 3 unspecified atom stereocenters. The first kappa shape index (κ1) is 12.1. The van der Waals surface area contributed by atoms with Crippen LogP contribution in [0, 0.1) is 0 Å². The van der Waals surface area contributed by atoms with Crippen LogP contribution in [0.2, 0.25) is 0 Å². The third-order valence-corrected chi connectivity index (χ3v) is 4.30. The van der Waals surface area contributed by atoms with Crippen LogP contribution in [0.5, 0.6) is 0 Å². The van der Waals surface area contributed by atoms with Gasteiger partial charge in [-0.15, -0.1) is 0 Å². The molecular formula is C13H22N2S. The van der Waals surface area contributed by atoms with Crippen LogP contribution in [0.15, 0.2) is 16.8 Å². The number of nitrogens with zero attached hydrogens (tertiary/aromatic N) is 1. The molecular weight excluding hydrogens is 216 g/mol. The second-order valence-corrected chi connectivity index (χ2v) is 5.72. The summed E-state index contributed by atoms with van der Waals surface area (Å²) in [7, 11) is 0. The van der Waals surface area contributed by atoms with Crippen LogP contribution >= 0.6 is 11.3 Å². The summed E-state index contributed by atoms with van der Waals surface area (Å²) in [5, 5.41) is 4.40. The molecule has 3 heteroatoms. The van der Waals surface area contributed by atoms with Crippen molar-refractivity contribution in [1.29, 1.82) is 0 Å². The van der Waals surface area contributed by atoms with Crippen molar-refractivity contribution in [3.05, 3.63) is 22.4 Å². The van der Waals surface area contributed by atoms with Gasteiger partial charge in [0.05, 0.1) is 6.04 Å². The number of likely N-dealkylation sites (tertiary alicyclic amines) is 1. The summed E-state index contributed by atoms with van der Waals surface area (Å²) in [5.41, 5.74) is 7.58. The van der Waals surface area contributed by atoms with E-state index in [1.165, 1.54) is 31.4 Å². The van der Waals surface area contributed by atoms with Gasteiger partial charge in [-0.05, 0) is 55.6 Å². The number of piperidine rings is 1. The van der Waals surface area contributed by atoms with Gasteiger partial charge in [0.15, 0.2) is 0 Å². The molecule has 3 atom stereocenters. The Labute approximate surface area is 102 Å². The molecule has 16 heavy (non-hydrogen) atoms. The van der Waals surface area contributed by atoms with Crippen molar-refractivity contribution in [3.8, 4) is 0 Å². The first-order chi connectivity index (χ1) is 7.70. The summed E-state index contributed by atoms with van der Waals surface area (Å²) in [6, 6.07) is 3.50. The van der Waals surface area contributed by atoms with Gasteiger partial charge in [-0.2, -0.15) is 11.3 Å². The zero-order chi connectivity index (χ0) is 11.5. The molecule has 0 spiro atoms. The average Bonchev–Trinajstić information content (AvgIpc) is 2.74. The highest BCUT2D eigenvalue weighted by atomic mass is 32.1. The number of thiophene rings is 1. The summed E-state index contributed by atoms with van der Waals surface area (Å²) < 4.78 is 0. The average molecular weight is 238 g/mol. The van der Waals surface area contributed by atoms with Crippen LogP contribution in [-0.4, -0.2) is 23.5 Å². The Morgan fingerprint density at radius 2 is 2.31 bits per heavy atom. The lowest BCUT2D eigenvalue weighted by Gasteiger charge is -2.41.